The minimum absolute atomic E-state index is 0.0997. The summed E-state index contributed by atoms with van der Waals surface area (Å²) in [6.07, 6.45) is 1.24. The van der Waals surface area contributed by atoms with E-state index in [0.717, 1.165) is 11.1 Å². The van der Waals surface area contributed by atoms with Crippen molar-refractivity contribution < 1.29 is 14.3 Å². The van der Waals surface area contributed by atoms with Gasteiger partial charge in [0.25, 0.3) is 0 Å². The summed E-state index contributed by atoms with van der Waals surface area (Å²) >= 11 is 1.41. The zero-order chi connectivity index (χ0) is 25.6. The maximum absolute atomic E-state index is 13.4. The number of nitrogens with zero attached hydrogens (tertiary/aromatic N) is 4. The lowest BCUT2D eigenvalue weighted by Gasteiger charge is -2.31. The molecule has 0 radical (unpaired) electrons. The van der Waals surface area contributed by atoms with Crippen LogP contribution in [0.4, 0.5) is 5.69 Å². The van der Waals surface area contributed by atoms with Crippen molar-refractivity contribution in [2.75, 3.05) is 10.7 Å². The second kappa shape index (κ2) is 11.3. The number of rotatable bonds is 8. The molecule has 1 aromatic heterocycles. The number of hydrogen-bond donors (Lipinski definition) is 0. The molecule has 0 aliphatic carbocycles. The molecule has 1 aliphatic rings. The Hall–Kier alpha value is -4.17. The summed E-state index contributed by atoms with van der Waals surface area (Å²) in [6.45, 7) is 5.98. The molecule has 0 spiro atoms. The van der Waals surface area contributed by atoms with E-state index < -0.39 is 6.23 Å². The Labute approximate surface area is 220 Å². The Balaban J connectivity index is 1.62. The molecule has 8 heteroatoms. The summed E-state index contributed by atoms with van der Waals surface area (Å²) < 4.78 is 12.8. The Morgan fingerprint density at radius 1 is 1.05 bits per heavy atom. The number of anilines is 1. The molecule has 186 valence electrons. The molecule has 1 amide bonds. The standard InChI is InChI=1S/C29H26N4O3S/c1-3-18-37-29-30-27-26(31-32-29)21-14-8-10-16-23(21)33(25(34)4-2)28(36-27)22-15-9-11-17-24(22)35-19-20-12-6-5-7-13-20/h3,5-17,28H,1,4,18-19H2,2H3. The Morgan fingerprint density at radius 3 is 2.62 bits per heavy atom. The van der Waals surface area contributed by atoms with Crippen LogP contribution in [0.25, 0.3) is 11.3 Å². The zero-order valence-corrected chi connectivity index (χ0v) is 21.2. The number of carbonyl (C=O) groups is 1. The van der Waals surface area contributed by atoms with Gasteiger partial charge in [0.1, 0.15) is 12.4 Å². The molecule has 1 unspecified atom stereocenters. The summed E-state index contributed by atoms with van der Waals surface area (Å²) in [7, 11) is 0. The van der Waals surface area contributed by atoms with Crippen LogP contribution >= 0.6 is 11.8 Å². The van der Waals surface area contributed by atoms with Crippen LogP contribution in [0.15, 0.2) is 96.7 Å². The second-order valence-electron chi connectivity index (χ2n) is 8.26. The maximum Gasteiger partial charge on any atom is 0.247 e. The molecular formula is C29H26N4O3S. The third kappa shape index (κ3) is 5.20. The fourth-order valence-corrected chi connectivity index (χ4v) is 4.61. The number of fused-ring (bicyclic) bond motifs is 3. The lowest BCUT2D eigenvalue weighted by molar-refractivity contribution is -0.120. The van der Waals surface area contributed by atoms with Crippen molar-refractivity contribution in [3.8, 4) is 22.9 Å². The lowest BCUT2D eigenvalue weighted by atomic mass is 10.1. The van der Waals surface area contributed by atoms with Crippen LogP contribution in [0.1, 0.15) is 30.7 Å². The molecule has 2 heterocycles. The molecule has 37 heavy (non-hydrogen) atoms. The van der Waals surface area contributed by atoms with Crippen molar-refractivity contribution in [3.05, 3.63) is 103 Å². The van der Waals surface area contributed by atoms with E-state index in [0.29, 0.717) is 46.1 Å². The predicted molar refractivity (Wildman–Crippen MR) is 145 cm³/mol. The van der Waals surface area contributed by atoms with E-state index in [2.05, 4.69) is 21.8 Å². The number of amides is 1. The van der Waals surface area contributed by atoms with Crippen LogP contribution in [-0.2, 0) is 11.4 Å². The van der Waals surface area contributed by atoms with Crippen LogP contribution in [0.3, 0.4) is 0 Å². The van der Waals surface area contributed by atoms with E-state index in [1.54, 1.807) is 11.0 Å². The molecule has 1 atom stereocenters. The number of para-hydroxylation sites is 2. The van der Waals surface area contributed by atoms with Gasteiger partial charge in [0, 0.05) is 17.7 Å². The molecule has 5 rings (SSSR count). The molecule has 7 nitrogen and oxygen atoms in total. The molecule has 1 aliphatic heterocycles. The number of aromatic nitrogens is 3. The van der Waals surface area contributed by atoms with Gasteiger partial charge in [-0.25, -0.2) is 0 Å². The van der Waals surface area contributed by atoms with Gasteiger partial charge in [-0.3, -0.25) is 9.69 Å². The first-order chi connectivity index (χ1) is 18.2. The van der Waals surface area contributed by atoms with Crippen LogP contribution in [0, 0.1) is 0 Å². The van der Waals surface area contributed by atoms with Gasteiger partial charge in [0.2, 0.25) is 23.2 Å². The van der Waals surface area contributed by atoms with Crippen molar-refractivity contribution in [3.63, 3.8) is 0 Å². The second-order valence-corrected chi connectivity index (χ2v) is 9.25. The molecule has 0 fully saturated rings. The van der Waals surface area contributed by atoms with Crippen molar-refractivity contribution in [1.82, 2.24) is 15.2 Å². The number of ether oxygens (including phenoxy) is 2. The van der Waals surface area contributed by atoms with Gasteiger partial charge < -0.3 is 9.47 Å². The van der Waals surface area contributed by atoms with Crippen molar-refractivity contribution in [2.24, 2.45) is 0 Å². The van der Waals surface area contributed by atoms with Gasteiger partial charge in [-0.2, -0.15) is 4.98 Å². The van der Waals surface area contributed by atoms with Crippen LogP contribution in [0.2, 0.25) is 0 Å². The number of benzene rings is 3. The monoisotopic (exact) mass is 510 g/mol. The van der Waals surface area contributed by atoms with Gasteiger partial charge in [-0.1, -0.05) is 85.4 Å². The first-order valence-electron chi connectivity index (χ1n) is 12.0. The fraction of sp³-hybridized carbons (Fsp3) is 0.172. The smallest absolute Gasteiger partial charge is 0.247 e. The predicted octanol–water partition coefficient (Wildman–Crippen LogP) is 6.23. The maximum atomic E-state index is 13.4. The van der Waals surface area contributed by atoms with Gasteiger partial charge in [-0.15, -0.1) is 16.8 Å². The molecule has 0 saturated heterocycles. The molecular weight excluding hydrogens is 484 g/mol. The van der Waals surface area contributed by atoms with E-state index in [1.807, 2.05) is 85.8 Å². The first kappa shape index (κ1) is 24.5. The average molecular weight is 511 g/mol. The highest BCUT2D eigenvalue weighted by Gasteiger charge is 2.36. The topological polar surface area (TPSA) is 77.4 Å². The third-order valence-electron chi connectivity index (χ3n) is 5.84. The number of carbonyl (C=O) groups excluding carboxylic acids is 1. The largest absolute Gasteiger partial charge is 0.488 e. The summed E-state index contributed by atoms with van der Waals surface area (Å²) in [5.41, 5.74) is 3.64. The number of thioether (sulfide) groups is 1. The van der Waals surface area contributed by atoms with E-state index in [4.69, 9.17) is 9.47 Å². The highest BCUT2D eigenvalue weighted by molar-refractivity contribution is 7.99. The van der Waals surface area contributed by atoms with Gasteiger partial charge >= 0.3 is 0 Å². The molecule has 4 aromatic rings. The normalized spacial score (nSPS) is 14.1. The van der Waals surface area contributed by atoms with E-state index in [1.165, 1.54) is 11.8 Å². The van der Waals surface area contributed by atoms with Gasteiger partial charge in [0.05, 0.1) is 11.3 Å². The first-order valence-corrected chi connectivity index (χ1v) is 13.0. The number of hydrogen-bond acceptors (Lipinski definition) is 7. The zero-order valence-electron chi connectivity index (χ0n) is 20.4. The van der Waals surface area contributed by atoms with Crippen LogP contribution in [-0.4, -0.2) is 26.8 Å². The Morgan fingerprint density at radius 2 is 1.81 bits per heavy atom. The highest BCUT2D eigenvalue weighted by Crippen LogP contribution is 2.45. The van der Waals surface area contributed by atoms with Crippen molar-refractivity contribution in [1.29, 1.82) is 0 Å². The molecule has 0 bridgehead atoms. The fourth-order valence-electron chi connectivity index (χ4n) is 4.10. The Kier molecular flexibility index (Phi) is 7.46. The quantitative estimate of drug-likeness (QED) is 0.205. The van der Waals surface area contributed by atoms with Crippen molar-refractivity contribution in [2.45, 2.75) is 31.3 Å². The molecule has 3 aromatic carbocycles. The van der Waals surface area contributed by atoms with E-state index in [9.17, 15) is 4.79 Å². The lowest BCUT2D eigenvalue weighted by Crippen LogP contribution is -2.37. The van der Waals surface area contributed by atoms with Crippen molar-refractivity contribution >= 4 is 23.4 Å². The average Bonchev–Trinajstić information content (AvgIpc) is 3.09. The third-order valence-corrected chi connectivity index (χ3v) is 6.67. The van der Waals surface area contributed by atoms with E-state index >= 15 is 0 Å². The minimum Gasteiger partial charge on any atom is -0.488 e. The summed E-state index contributed by atoms with van der Waals surface area (Å²) in [4.78, 5) is 19.8. The van der Waals surface area contributed by atoms with E-state index in [-0.39, 0.29) is 12.3 Å². The molecule has 0 N–H and O–H groups in total. The SMILES string of the molecule is C=CCSc1nnc2c(n1)OC(c1ccccc1OCc1ccccc1)N(C(=O)CC)c1ccccc1-2. The summed E-state index contributed by atoms with van der Waals surface area (Å²) in [6, 6.07) is 25.1. The summed E-state index contributed by atoms with van der Waals surface area (Å²) in [5.74, 6) is 1.46. The van der Waals surface area contributed by atoms with Crippen LogP contribution < -0.4 is 14.4 Å². The molecule has 0 saturated carbocycles. The summed E-state index contributed by atoms with van der Waals surface area (Å²) in [5, 5.41) is 9.21. The Bertz CT molecular complexity index is 1410. The highest BCUT2D eigenvalue weighted by atomic mass is 32.2. The van der Waals surface area contributed by atoms with Gasteiger partial charge in [0.15, 0.2) is 5.69 Å². The van der Waals surface area contributed by atoms with Gasteiger partial charge in [-0.05, 0) is 23.8 Å². The minimum atomic E-state index is -0.823. The van der Waals surface area contributed by atoms with Crippen LogP contribution in [0.5, 0.6) is 11.6 Å².